The second-order valence-electron chi connectivity index (χ2n) is 10.3. The van der Waals surface area contributed by atoms with Gasteiger partial charge in [-0.05, 0) is 56.7 Å². The molecule has 0 bridgehead atoms. The number of carbonyl (C=O) groups excluding carboxylic acids is 2. The van der Waals surface area contributed by atoms with Crippen molar-refractivity contribution in [3.63, 3.8) is 0 Å². The predicted octanol–water partition coefficient (Wildman–Crippen LogP) is 5.24. The summed E-state index contributed by atoms with van der Waals surface area (Å²) in [6, 6.07) is 7.16. The third-order valence-corrected chi connectivity index (χ3v) is 5.95. The van der Waals surface area contributed by atoms with Crippen molar-refractivity contribution >= 4 is 40.8 Å². The van der Waals surface area contributed by atoms with Crippen molar-refractivity contribution < 1.29 is 32.3 Å². The minimum atomic E-state index is -2.75. The summed E-state index contributed by atoms with van der Waals surface area (Å²) in [6.45, 7) is 2.06. The molecule has 0 aliphatic heterocycles. The van der Waals surface area contributed by atoms with Crippen LogP contribution in [-0.2, 0) is 29.7 Å². The van der Waals surface area contributed by atoms with Crippen molar-refractivity contribution in [1.29, 1.82) is 0 Å². The van der Waals surface area contributed by atoms with Gasteiger partial charge >= 0.3 is 6.09 Å². The third kappa shape index (κ3) is 8.17. The fourth-order valence-corrected chi connectivity index (χ4v) is 4.13. The average molecular weight is 630 g/mol. The Hall–Kier alpha value is -4.82. The molecule has 13 nitrogen and oxygen atoms in total. The van der Waals surface area contributed by atoms with E-state index in [9.17, 15) is 14.0 Å². The molecule has 3 aromatic heterocycles. The molecule has 0 aliphatic carbocycles. The first kappa shape index (κ1) is 28.0. The quantitative estimate of drug-likeness (QED) is 0.198. The summed E-state index contributed by atoms with van der Waals surface area (Å²) in [5.74, 6) is -0.903. The number of nitrogens with zero attached hydrogens (tertiary/aromatic N) is 5. The zero-order valence-electron chi connectivity index (χ0n) is 27.5. The van der Waals surface area contributed by atoms with Crippen LogP contribution in [0.4, 0.5) is 26.4 Å². The first-order valence-corrected chi connectivity index (χ1v) is 13.4. The number of amides is 2. The summed E-state index contributed by atoms with van der Waals surface area (Å²) in [6.07, 6.45) is 1.89. The highest BCUT2D eigenvalue weighted by molar-refractivity contribution is 6.29. The molecule has 0 radical (unpaired) electrons. The molecule has 4 aromatic rings. The number of anilines is 3. The van der Waals surface area contributed by atoms with Crippen LogP contribution >= 0.6 is 11.6 Å². The molecule has 4 rings (SSSR count). The van der Waals surface area contributed by atoms with Gasteiger partial charge in [0, 0.05) is 24.3 Å². The molecule has 0 fully saturated rings. The summed E-state index contributed by atoms with van der Waals surface area (Å²) < 4.78 is 55.1. The lowest BCUT2D eigenvalue weighted by atomic mass is 10.1. The van der Waals surface area contributed by atoms with Crippen LogP contribution in [0, 0.1) is 5.82 Å². The summed E-state index contributed by atoms with van der Waals surface area (Å²) in [5, 5.41) is 11.9. The van der Waals surface area contributed by atoms with Gasteiger partial charge in [0.05, 0.1) is 42.8 Å². The Morgan fingerprint density at radius 3 is 2.61 bits per heavy atom. The Kier molecular flexibility index (Phi) is 8.68. The zero-order valence-corrected chi connectivity index (χ0v) is 25.2. The Balaban J connectivity index is 1.64. The number of ether oxygens (including phenoxy) is 3. The summed E-state index contributed by atoms with van der Waals surface area (Å²) in [4.78, 5) is 37.3. The van der Waals surface area contributed by atoms with E-state index in [4.69, 9.17) is 29.9 Å². The average Bonchev–Trinajstić information content (AvgIpc) is 3.38. The topological polar surface area (TPSA) is 154 Å². The van der Waals surface area contributed by atoms with Gasteiger partial charge in [-0.2, -0.15) is 5.10 Å². The van der Waals surface area contributed by atoms with Crippen LogP contribution in [0.25, 0.3) is 11.4 Å². The zero-order chi connectivity index (χ0) is 34.5. The predicted molar refractivity (Wildman–Crippen MR) is 161 cm³/mol. The summed E-state index contributed by atoms with van der Waals surface area (Å²) in [7, 11) is 3.12. The maximum absolute atomic E-state index is 14.6. The molecule has 1 aromatic carbocycles. The maximum atomic E-state index is 14.6. The maximum Gasteiger partial charge on any atom is 0.413 e. The standard InChI is InChI=1S/C29H32ClFN8O5/c1-29(2,3)44-28(41)37-24-8-7-19(31)22(36-24)14-43-13-16-9-17(26-34-15-39(5)38-26)25(42-6)21(10-16)35-20-11-23(30)33-12-18(20)27(40)32-4/h7-12,15H,13-14H2,1-6H3,(H,32,40)(H,33,35)(H,36,37,41)/i4D3. The molecular weight excluding hydrogens is 595 g/mol. The Morgan fingerprint density at radius 1 is 1.14 bits per heavy atom. The van der Waals surface area contributed by atoms with Crippen LogP contribution in [0.1, 0.15) is 46.5 Å². The molecule has 0 saturated carbocycles. The first-order valence-electron chi connectivity index (χ1n) is 14.6. The normalized spacial score (nSPS) is 12.5. The number of benzene rings is 1. The monoisotopic (exact) mass is 629 g/mol. The molecule has 44 heavy (non-hydrogen) atoms. The second-order valence-corrected chi connectivity index (χ2v) is 10.7. The van der Waals surface area contributed by atoms with Gasteiger partial charge in [-0.15, -0.1) is 0 Å². The van der Waals surface area contributed by atoms with Gasteiger partial charge in [-0.1, -0.05) is 11.6 Å². The molecule has 3 N–H and O–H groups in total. The van der Waals surface area contributed by atoms with Crippen molar-refractivity contribution in [2.75, 3.05) is 24.7 Å². The van der Waals surface area contributed by atoms with E-state index >= 15 is 0 Å². The largest absolute Gasteiger partial charge is 0.494 e. The molecule has 0 aliphatic rings. The number of hydrogen-bond donors (Lipinski definition) is 3. The molecule has 0 unspecified atom stereocenters. The number of aromatic nitrogens is 5. The fourth-order valence-electron chi connectivity index (χ4n) is 3.97. The van der Waals surface area contributed by atoms with Gasteiger partial charge in [-0.3, -0.25) is 14.8 Å². The lowest BCUT2D eigenvalue weighted by Gasteiger charge is -2.19. The van der Waals surface area contributed by atoms with Gasteiger partial charge in [0.1, 0.15) is 34.4 Å². The number of nitrogens with one attached hydrogen (secondary N) is 3. The van der Waals surface area contributed by atoms with E-state index in [1.807, 2.05) is 5.32 Å². The van der Waals surface area contributed by atoms with E-state index in [1.54, 1.807) is 40.0 Å². The Labute approximate surface area is 262 Å². The van der Waals surface area contributed by atoms with Gasteiger partial charge in [0.2, 0.25) is 0 Å². The Bertz CT molecular complexity index is 1780. The SMILES string of the molecule is [2H]C([2H])([2H])NC(=O)c1cnc(Cl)cc1Nc1cc(COCc2nc(NC(=O)OC(C)(C)C)ccc2F)cc(-c2ncn(C)n2)c1OC. The van der Waals surface area contributed by atoms with Crippen molar-refractivity contribution in [2.45, 2.75) is 39.6 Å². The summed E-state index contributed by atoms with van der Waals surface area (Å²) >= 11 is 6.13. The molecule has 0 atom stereocenters. The smallest absolute Gasteiger partial charge is 0.413 e. The highest BCUT2D eigenvalue weighted by Crippen LogP contribution is 2.39. The van der Waals surface area contributed by atoms with Crippen LogP contribution in [-0.4, -0.2) is 56.4 Å². The van der Waals surface area contributed by atoms with Gasteiger partial charge in [0.15, 0.2) is 11.6 Å². The lowest BCUT2D eigenvalue weighted by molar-refractivity contribution is 0.0634. The Morgan fingerprint density at radius 2 is 1.93 bits per heavy atom. The molecule has 0 spiro atoms. The van der Waals surface area contributed by atoms with E-state index in [-0.39, 0.29) is 46.9 Å². The van der Waals surface area contributed by atoms with E-state index < -0.39 is 30.4 Å². The lowest BCUT2D eigenvalue weighted by Crippen LogP contribution is -2.27. The van der Waals surface area contributed by atoms with Crippen LogP contribution < -0.4 is 20.7 Å². The molecule has 3 heterocycles. The van der Waals surface area contributed by atoms with E-state index in [2.05, 4.69) is 30.7 Å². The third-order valence-electron chi connectivity index (χ3n) is 5.75. The van der Waals surface area contributed by atoms with E-state index in [0.717, 1.165) is 12.3 Å². The number of pyridine rings is 2. The number of aryl methyl sites for hydroxylation is 1. The molecule has 2 amide bonds. The van der Waals surface area contributed by atoms with E-state index in [1.165, 1.54) is 30.3 Å². The van der Waals surface area contributed by atoms with Gasteiger partial charge < -0.3 is 24.8 Å². The number of rotatable bonds is 10. The minimum Gasteiger partial charge on any atom is -0.494 e. The highest BCUT2D eigenvalue weighted by atomic mass is 35.5. The summed E-state index contributed by atoms with van der Waals surface area (Å²) in [5.41, 5.74) is 0.534. The number of halogens is 2. The van der Waals surface area contributed by atoms with Gasteiger partial charge in [0.25, 0.3) is 5.91 Å². The molecule has 15 heteroatoms. The highest BCUT2D eigenvalue weighted by Gasteiger charge is 2.21. The van der Waals surface area contributed by atoms with Crippen molar-refractivity contribution in [3.8, 4) is 17.1 Å². The van der Waals surface area contributed by atoms with Crippen LogP contribution in [0.15, 0.2) is 42.9 Å². The minimum absolute atomic E-state index is 0.0286. The number of hydrogen-bond acceptors (Lipinski definition) is 10. The fraction of sp³-hybridized carbons (Fsp3) is 0.310. The van der Waals surface area contributed by atoms with E-state index in [0.29, 0.717) is 22.6 Å². The first-order chi connectivity index (χ1) is 22.0. The molecule has 232 valence electrons. The van der Waals surface area contributed by atoms with Crippen molar-refractivity contribution in [2.24, 2.45) is 7.05 Å². The van der Waals surface area contributed by atoms with Gasteiger partial charge in [-0.25, -0.2) is 24.1 Å². The van der Waals surface area contributed by atoms with Crippen LogP contribution in [0.2, 0.25) is 5.15 Å². The van der Waals surface area contributed by atoms with Crippen molar-refractivity contribution in [1.82, 2.24) is 30.0 Å². The number of carbonyl (C=O) groups is 2. The van der Waals surface area contributed by atoms with Crippen LogP contribution in [0.5, 0.6) is 5.75 Å². The molecule has 0 saturated heterocycles. The molecular formula is C29H32ClFN8O5. The second kappa shape index (κ2) is 13.7. The van der Waals surface area contributed by atoms with Crippen LogP contribution in [0.3, 0.4) is 0 Å². The van der Waals surface area contributed by atoms with Crippen molar-refractivity contribution in [3.05, 3.63) is 70.6 Å². The number of methoxy groups -OCH3 is 1.